The highest BCUT2D eigenvalue weighted by atomic mass is 15.0. The molecule has 2 aliphatic rings. The third kappa shape index (κ3) is 2.73. The maximum Gasteiger partial charge on any atom is 0.0113 e. The van der Waals surface area contributed by atoms with E-state index in [1.807, 2.05) is 0 Å². The fourth-order valence-electron chi connectivity index (χ4n) is 3.37. The quantitative estimate of drug-likeness (QED) is 0.693. The second kappa shape index (κ2) is 4.84. The van der Waals surface area contributed by atoms with Crippen LogP contribution >= 0.6 is 0 Å². The minimum atomic E-state index is 0.691. The van der Waals surface area contributed by atoms with Crippen LogP contribution in [0.5, 0.6) is 0 Å². The Kier molecular flexibility index (Phi) is 3.68. The van der Waals surface area contributed by atoms with Crippen LogP contribution in [-0.4, -0.2) is 24.7 Å². The van der Waals surface area contributed by atoms with Gasteiger partial charge in [0, 0.05) is 18.1 Å². The van der Waals surface area contributed by atoms with Gasteiger partial charge in [0.05, 0.1) is 0 Å². The molecule has 2 aliphatic heterocycles. The zero-order valence-electron chi connectivity index (χ0n) is 10.4. The number of nitrogens with one attached hydrogen (secondary N) is 2. The second-order valence-corrected chi connectivity index (χ2v) is 5.79. The maximum absolute atomic E-state index is 3.72. The Morgan fingerprint density at radius 2 is 1.80 bits per heavy atom. The summed E-state index contributed by atoms with van der Waals surface area (Å²) in [6.45, 7) is 8.30. The van der Waals surface area contributed by atoms with E-state index < -0.39 is 0 Å². The van der Waals surface area contributed by atoms with Crippen LogP contribution in [0.1, 0.15) is 46.5 Å². The summed E-state index contributed by atoms with van der Waals surface area (Å²) in [4.78, 5) is 0. The van der Waals surface area contributed by atoms with Crippen molar-refractivity contribution >= 4 is 0 Å². The van der Waals surface area contributed by atoms with Gasteiger partial charge in [-0.1, -0.05) is 6.92 Å². The lowest BCUT2D eigenvalue weighted by Crippen LogP contribution is -2.54. The Balaban J connectivity index is 1.91. The van der Waals surface area contributed by atoms with Crippen molar-refractivity contribution in [2.24, 2.45) is 11.8 Å². The summed E-state index contributed by atoms with van der Waals surface area (Å²) < 4.78 is 0. The Bertz CT molecular complexity index is 205. The van der Waals surface area contributed by atoms with Crippen LogP contribution in [0.15, 0.2) is 0 Å². The summed E-state index contributed by atoms with van der Waals surface area (Å²) in [6, 6.07) is 2.18. The SMILES string of the molecule is CC1CCNC(C2CCC(C)NC2C)C1. The van der Waals surface area contributed by atoms with E-state index in [2.05, 4.69) is 31.4 Å². The smallest absolute Gasteiger partial charge is 0.0113 e. The monoisotopic (exact) mass is 210 g/mol. The molecule has 0 spiro atoms. The Morgan fingerprint density at radius 1 is 1.00 bits per heavy atom. The van der Waals surface area contributed by atoms with E-state index in [1.54, 1.807) is 0 Å². The van der Waals surface area contributed by atoms with E-state index in [0.29, 0.717) is 6.04 Å². The molecule has 0 aromatic carbocycles. The zero-order valence-corrected chi connectivity index (χ0v) is 10.4. The van der Waals surface area contributed by atoms with Gasteiger partial charge in [0.15, 0.2) is 0 Å². The average molecular weight is 210 g/mol. The first-order chi connectivity index (χ1) is 7.16. The van der Waals surface area contributed by atoms with E-state index >= 15 is 0 Å². The largest absolute Gasteiger partial charge is 0.314 e. The Morgan fingerprint density at radius 3 is 2.47 bits per heavy atom. The van der Waals surface area contributed by atoms with Gasteiger partial charge in [0.25, 0.3) is 0 Å². The summed E-state index contributed by atoms with van der Waals surface area (Å²) in [6.07, 6.45) is 5.49. The van der Waals surface area contributed by atoms with Crippen LogP contribution in [0, 0.1) is 11.8 Å². The van der Waals surface area contributed by atoms with Crippen molar-refractivity contribution in [2.45, 2.75) is 64.6 Å². The fraction of sp³-hybridized carbons (Fsp3) is 1.00. The Labute approximate surface area is 94.2 Å². The predicted molar refractivity (Wildman–Crippen MR) is 65.0 cm³/mol. The first-order valence-electron chi connectivity index (χ1n) is 6.66. The van der Waals surface area contributed by atoms with Crippen LogP contribution in [0.2, 0.25) is 0 Å². The number of piperidine rings is 2. The van der Waals surface area contributed by atoms with Crippen LogP contribution in [0.3, 0.4) is 0 Å². The summed E-state index contributed by atoms with van der Waals surface area (Å²) >= 11 is 0. The third-order valence-electron chi connectivity index (χ3n) is 4.34. The molecule has 0 saturated carbocycles. The number of hydrogen-bond acceptors (Lipinski definition) is 2. The van der Waals surface area contributed by atoms with Gasteiger partial charge in [-0.25, -0.2) is 0 Å². The molecule has 5 atom stereocenters. The average Bonchev–Trinajstić information content (AvgIpc) is 2.17. The van der Waals surface area contributed by atoms with Gasteiger partial charge in [0.2, 0.25) is 0 Å². The third-order valence-corrected chi connectivity index (χ3v) is 4.34. The summed E-state index contributed by atoms with van der Waals surface area (Å²) in [5.74, 6) is 1.77. The maximum atomic E-state index is 3.72. The summed E-state index contributed by atoms with van der Waals surface area (Å²) in [7, 11) is 0. The highest BCUT2D eigenvalue weighted by molar-refractivity contribution is 4.91. The van der Waals surface area contributed by atoms with Crippen molar-refractivity contribution in [1.82, 2.24) is 10.6 Å². The number of rotatable bonds is 1. The molecule has 2 heterocycles. The molecular weight excluding hydrogens is 184 g/mol. The minimum absolute atomic E-state index is 0.691. The van der Waals surface area contributed by atoms with Gasteiger partial charge >= 0.3 is 0 Å². The molecule has 2 heteroatoms. The normalized spacial score (nSPS) is 47.8. The van der Waals surface area contributed by atoms with Crippen molar-refractivity contribution in [2.75, 3.05) is 6.54 Å². The fourth-order valence-corrected chi connectivity index (χ4v) is 3.37. The molecule has 88 valence electrons. The van der Waals surface area contributed by atoms with Crippen molar-refractivity contribution in [3.05, 3.63) is 0 Å². The predicted octanol–water partition coefficient (Wildman–Crippen LogP) is 2.15. The molecule has 2 fully saturated rings. The first kappa shape index (κ1) is 11.4. The van der Waals surface area contributed by atoms with Crippen molar-refractivity contribution in [1.29, 1.82) is 0 Å². The van der Waals surface area contributed by atoms with E-state index in [1.165, 1.54) is 32.2 Å². The number of hydrogen-bond donors (Lipinski definition) is 2. The van der Waals surface area contributed by atoms with Crippen LogP contribution in [0.25, 0.3) is 0 Å². The molecule has 5 unspecified atom stereocenters. The highest BCUT2D eigenvalue weighted by Crippen LogP contribution is 2.29. The zero-order chi connectivity index (χ0) is 10.8. The van der Waals surface area contributed by atoms with Crippen molar-refractivity contribution in [3.63, 3.8) is 0 Å². The molecule has 15 heavy (non-hydrogen) atoms. The summed E-state index contributed by atoms with van der Waals surface area (Å²) in [5.41, 5.74) is 0. The van der Waals surface area contributed by atoms with Gasteiger partial charge in [-0.2, -0.15) is 0 Å². The van der Waals surface area contributed by atoms with Gasteiger partial charge in [-0.15, -0.1) is 0 Å². The van der Waals surface area contributed by atoms with Gasteiger partial charge < -0.3 is 10.6 Å². The molecule has 0 aromatic heterocycles. The molecule has 2 rings (SSSR count). The second-order valence-electron chi connectivity index (χ2n) is 5.79. The molecule has 0 aromatic rings. The van der Waals surface area contributed by atoms with Crippen LogP contribution in [-0.2, 0) is 0 Å². The molecule has 2 N–H and O–H groups in total. The van der Waals surface area contributed by atoms with E-state index in [4.69, 9.17) is 0 Å². The molecule has 0 aliphatic carbocycles. The molecule has 0 amide bonds. The summed E-state index contributed by atoms with van der Waals surface area (Å²) in [5, 5.41) is 7.43. The highest BCUT2D eigenvalue weighted by Gasteiger charge is 2.33. The van der Waals surface area contributed by atoms with Crippen LogP contribution in [0.4, 0.5) is 0 Å². The lowest BCUT2D eigenvalue weighted by Gasteiger charge is -2.42. The van der Waals surface area contributed by atoms with Crippen LogP contribution < -0.4 is 10.6 Å². The minimum Gasteiger partial charge on any atom is -0.314 e. The molecule has 2 saturated heterocycles. The Hall–Kier alpha value is -0.0800. The molecule has 0 radical (unpaired) electrons. The molecular formula is C13H26N2. The van der Waals surface area contributed by atoms with Crippen molar-refractivity contribution in [3.8, 4) is 0 Å². The first-order valence-corrected chi connectivity index (χ1v) is 6.66. The van der Waals surface area contributed by atoms with Crippen molar-refractivity contribution < 1.29 is 0 Å². The topological polar surface area (TPSA) is 24.1 Å². The van der Waals surface area contributed by atoms with Gasteiger partial charge in [0.1, 0.15) is 0 Å². The van der Waals surface area contributed by atoms with E-state index in [9.17, 15) is 0 Å². The molecule has 0 bridgehead atoms. The van der Waals surface area contributed by atoms with Gasteiger partial charge in [-0.05, 0) is 57.9 Å². The standard InChI is InChI=1S/C13H26N2/c1-9-6-7-14-13(8-9)12-5-4-10(2)15-11(12)3/h9-15H,4-8H2,1-3H3. The van der Waals surface area contributed by atoms with E-state index in [-0.39, 0.29) is 0 Å². The molecule has 2 nitrogen and oxygen atoms in total. The van der Waals surface area contributed by atoms with E-state index in [0.717, 1.165) is 23.9 Å². The van der Waals surface area contributed by atoms with Gasteiger partial charge in [-0.3, -0.25) is 0 Å². The lowest BCUT2D eigenvalue weighted by atomic mass is 9.78. The lowest BCUT2D eigenvalue weighted by molar-refractivity contribution is 0.160.